The highest BCUT2D eigenvalue weighted by atomic mass is 32.2. The summed E-state index contributed by atoms with van der Waals surface area (Å²) in [6, 6.07) is 6.92. The van der Waals surface area contributed by atoms with Gasteiger partial charge in [-0.2, -0.15) is 0 Å². The van der Waals surface area contributed by atoms with Gasteiger partial charge in [-0.15, -0.1) is 11.8 Å². The van der Waals surface area contributed by atoms with Crippen molar-refractivity contribution in [3.8, 4) is 0 Å². The van der Waals surface area contributed by atoms with E-state index in [1.165, 1.54) is 4.90 Å². The molecule has 1 saturated heterocycles. The van der Waals surface area contributed by atoms with Gasteiger partial charge in [0.15, 0.2) is 0 Å². The van der Waals surface area contributed by atoms with Gasteiger partial charge in [-0.1, -0.05) is 31.9 Å². The first kappa shape index (κ1) is 21.4. The quantitative estimate of drug-likeness (QED) is 0.404. The van der Waals surface area contributed by atoms with Crippen LogP contribution in [0.15, 0.2) is 29.2 Å². The molecule has 1 aromatic carbocycles. The van der Waals surface area contributed by atoms with E-state index < -0.39 is 24.4 Å². The zero-order valence-corrected chi connectivity index (χ0v) is 17.9. The average Bonchev–Trinajstić information content (AvgIpc) is 2.92. The van der Waals surface area contributed by atoms with E-state index in [1.54, 1.807) is 18.8 Å². The van der Waals surface area contributed by atoms with Gasteiger partial charge in [-0.25, -0.2) is 9.69 Å². The molecular formula is C21H27N3O4S. The molecule has 3 rings (SSSR count). The molecule has 2 fully saturated rings. The maximum Gasteiger partial charge on any atom is 0.334 e. The first-order chi connectivity index (χ1) is 13.8. The summed E-state index contributed by atoms with van der Waals surface area (Å²) in [5.41, 5.74) is 0.950. The van der Waals surface area contributed by atoms with Gasteiger partial charge in [-0.05, 0) is 42.7 Å². The molecule has 1 aromatic rings. The third-order valence-electron chi connectivity index (χ3n) is 5.78. The number of carbonyl (C=O) groups is 4. The molecule has 0 N–H and O–H groups in total. The molecule has 29 heavy (non-hydrogen) atoms. The number of hydrogen-bond donors (Lipinski definition) is 0. The average molecular weight is 418 g/mol. The fraction of sp³-hybridized carbons (Fsp3) is 0.524. The molecule has 2 atom stereocenters. The monoisotopic (exact) mass is 417 g/mol. The van der Waals surface area contributed by atoms with E-state index in [0.29, 0.717) is 13.0 Å². The molecule has 0 unspecified atom stereocenters. The number of hydrogen-bond acceptors (Lipinski definition) is 5. The minimum atomic E-state index is -0.904. The molecule has 5 amide bonds. The molecule has 156 valence electrons. The summed E-state index contributed by atoms with van der Waals surface area (Å²) < 4.78 is 0. The number of rotatable bonds is 6. The zero-order chi connectivity index (χ0) is 21.1. The van der Waals surface area contributed by atoms with Crippen LogP contribution in [0.4, 0.5) is 4.79 Å². The standard InChI is InChI=1S/C21H27N3O4S/c1-14-6-4-5-7-17(14)24-20(27)19(26)23(21(24)28)13-18(25)22(2)12-15-8-10-16(29-3)11-9-15/h8-11,14,17H,4-7,12-13H2,1-3H3/t14-,17+/m1/s1. The number of likely N-dealkylation sites (N-methyl/N-ethyl adjacent to an activating group) is 1. The lowest BCUT2D eigenvalue weighted by Gasteiger charge is -2.34. The Hall–Kier alpha value is -2.35. The molecule has 2 aliphatic rings. The Morgan fingerprint density at radius 3 is 2.38 bits per heavy atom. The van der Waals surface area contributed by atoms with Crippen molar-refractivity contribution in [2.75, 3.05) is 19.8 Å². The van der Waals surface area contributed by atoms with Gasteiger partial charge in [-0.3, -0.25) is 19.3 Å². The summed E-state index contributed by atoms with van der Waals surface area (Å²) in [5.74, 6) is -1.94. The van der Waals surface area contributed by atoms with Gasteiger partial charge in [0.25, 0.3) is 0 Å². The number of amides is 5. The van der Waals surface area contributed by atoms with Crippen molar-refractivity contribution < 1.29 is 19.2 Å². The van der Waals surface area contributed by atoms with Gasteiger partial charge in [0.05, 0.1) is 0 Å². The molecule has 7 nitrogen and oxygen atoms in total. The number of benzene rings is 1. The van der Waals surface area contributed by atoms with Crippen LogP contribution in [0.1, 0.15) is 38.2 Å². The molecule has 1 saturated carbocycles. The van der Waals surface area contributed by atoms with Crippen molar-refractivity contribution in [2.24, 2.45) is 5.92 Å². The van der Waals surface area contributed by atoms with E-state index in [4.69, 9.17) is 0 Å². The first-order valence-electron chi connectivity index (χ1n) is 9.89. The van der Waals surface area contributed by atoms with Crippen LogP contribution in [0.25, 0.3) is 0 Å². The Balaban J connectivity index is 1.65. The van der Waals surface area contributed by atoms with E-state index in [-0.39, 0.29) is 17.9 Å². The number of urea groups is 1. The number of thioether (sulfide) groups is 1. The van der Waals surface area contributed by atoms with Crippen molar-refractivity contribution in [3.63, 3.8) is 0 Å². The molecule has 1 aliphatic carbocycles. The fourth-order valence-corrected chi connectivity index (χ4v) is 4.39. The van der Waals surface area contributed by atoms with Crippen LogP contribution in [0.5, 0.6) is 0 Å². The number of imide groups is 2. The van der Waals surface area contributed by atoms with Crippen LogP contribution in [0.3, 0.4) is 0 Å². The molecule has 0 spiro atoms. The fourth-order valence-electron chi connectivity index (χ4n) is 3.98. The van der Waals surface area contributed by atoms with Gasteiger partial charge >= 0.3 is 17.8 Å². The van der Waals surface area contributed by atoms with Crippen LogP contribution in [-0.2, 0) is 20.9 Å². The van der Waals surface area contributed by atoms with E-state index in [1.807, 2.05) is 37.4 Å². The molecule has 1 heterocycles. The third kappa shape index (κ3) is 4.47. The van der Waals surface area contributed by atoms with Crippen LogP contribution in [0.2, 0.25) is 0 Å². The molecule has 8 heteroatoms. The van der Waals surface area contributed by atoms with Crippen LogP contribution in [0, 0.1) is 5.92 Å². The Morgan fingerprint density at radius 2 is 1.76 bits per heavy atom. The summed E-state index contributed by atoms with van der Waals surface area (Å²) in [6.07, 6.45) is 5.62. The minimum absolute atomic E-state index is 0.159. The largest absolute Gasteiger partial charge is 0.340 e. The second kappa shape index (κ2) is 8.98. The van der Waals surface area contributed by atoms with E-state index in [2.05, 4.69) is 0 Å². The maximum atomic E-state index is 12.8. The summed E-state index contributed by atoms with van der Waals surface area (Å²) in [4.78, 5) is 54.7. The zero-order valence-electron chi connectivity index (χ0n) is 17.1. The van der Waals surface area contributed by atoms with E-state index >= 15 is 0 Å². The lowest BCUT2D eigenvalue weighted by molar-refractivity contribution is -0.145. The second-order valence-electron chi connectivity index (χ2n) is 7.78. The first-order valence-corrected chi connectivity index (χ1v) is 11.1. The Bertz CT molecular complexity index is 811. The number of carbonyl (C=O) groups excluding carboxylic acids is 4. The van der Waals surface area contributed by atoms with E-state index in [0.717, 1.165) is 39.5 Å². The van der Waals surface area contributed by atoms with E-state index in [9.17, 15) is 19.2 Å². The van der Waals surface area contributed by atoms with Crippen molar-refractivity contribution in [2.45, 2.75) is 50.1 Å². The van der Waals surface area contributed by atoms with Crippen LogP contribution < -0.4 is 0 Å². The van der Waals surface area contributed by atoms with Gasteiger partial charge < -0.3 is 4.90 Å². The molecule has 0 bridgehead atoms. The topological polar surface area (TPSA) is 78.0 Å². The van der Waals surface area contributed by atoms with Gasteiger partial charge in [0.2, 0.25) is 5.91 Å². The van der Waals surface area contributed by atoms with Crippen LogP contribution in [-0.4, -0.2) is 64.3 Å². The number of nitrogens with zero attached hydrogens (tertiary/aromatic N) is 3. The van der Waals surface area contributed by atoms with Gasteiger partial charge in [0, 0.05) is 24.5 Å². The van der Waals surface area contributed by atoms with Crippen LogP contribution >= 0.6 is 11.8 Å². The van der Waals surface area contributed by atoms with Crippen molar-refractivity contribution in [1.29, 1.82) is 0 Å². The normalized spacial score (nSPS) is 22.4. The SMILES string of the molecule is CSc1ccc(CN(C)C(=O)CN2C(=O)C(=O)N([C@H]3CCCC[C@H]3C)C2=O)cc1. The summed E-state index contributed by atoms with van der Waals surface area (Å²) in [5, 5.41) is 0. The Kier molecular flexibility index (Phi) is 6.62. The summed E-state index contributed by atoms with van der Waals surface area (Å²) >= 11 is 1.64. The predicted octanol–water partition coefficient (Wildman–Crippen LogP) is 2.74. The molecule has 0 aromatic heterocycles. The Morgan fingerprint density at radius 1 is 1.10 bits per heavy atom. The van der Waals surface area contributed by atoms with Gasteiger partial charge in [0.1, 0.15) is 6.54 Å². The predicted molar refractivity (Wildman–Crippen MR) is 110 cm³/mol. The van der Waals surface area contributed by atoms with Crippen molar-refractivity contribution >= 4 is 35.5 Å². The third-order valence-corrected chi connectivity index (χ3v) is 6.52. The highest BCUT2D eigenvalue weighted by Gasteiger charge is 2.49. The highest BCUT2D eigenvalue weighted by Crippen LogP contribution is 2.31. The highest BCUT2D eigenvalue weighted by molar-refractivity contribution is 7.98. The Labute approximate surface area is 175 Å². The summed E-state index contributed by atoms with van der Waals surface area (Å²) in [6.45, 7) is 1.94. The lowest BCUT2D eigenvalue weighted by Crippen LogP contribution is -2.47. The maximum absolute atomic E-state index is 12.8. The van der Waals surface area contributed by atoms with Crippen molar-refractivity contribution in [3.05, 3.63) is 29.8 Å². The van der Waals surface area contributed by atoms with Crippen molar-refractivity contribution in [1.82, 2.24) is 14.7 Å². The molecule has 0 radical (unpaired) electrons. The molecular weight excluding hydrogens is 390 g/mol. The second-order valence-corrected chi connectivity index (χ2v) is 8.66. The minimum Gasteiger partial charge on any atom is -0.340 e. The summed E-state index contributed by atoms with van der Waals surface area (Å²) in [7, 11) is 1.62. The lowest BCUT2D eigenvalue weighted by atomic mass is 9.85. The smallest absolute Gasteiger partial charge is 0.334 e. The molecule has 1 aliphatic heterocycles.